The topological polar surface area (TPSA) is 80.3 Å². The lowest BCUT2D eigenvalue weighted by atomic mass is 10.2. The number of sulfonamides is 1. The molecular formula is C12H16FNO4S3. The van der Waals surface area contributed by atoms with Crippen LogP contribution in [-0.4, -0.2) is 40.6 Å². The first-order chi connectivity index (χ1) is 9.70. The molecule has 0 amide bonds. The van der Waals surface area contributed by atoms with Crippen molar-refractivity contribution in [2.24, 2.45) is 0 Å². The van der Waals surface area contributed by atoms with Crippen LogP contribution in [0.5, 0.6) is 0 Å². The van der Waals surface area contributed by atoms with Gasteiger partial charge in [-0.3, -0.25) is 0 Å². The third-order valence-electron chi connectivity index (χ3n) is 3.15. The highest BCUT2D eigenvalue weighted by Gasteiger charge is 2.24. The molecule has 1 unspecified atom stereocenters. The molecule has 1 aromatic carbocycles. The predicted octanol–water partition coefficient (Wildman–Crippen LogP) is 1.40. The van der Waals surface area contributed by atoms with Crippen molar-refractivity contribution in [1.29, 1.82) is 0 Å². The third-order valence-corrected chi connectivity index (χ3v) is 7.09. The minimum absolute atomic E-state index is 0.181. The Balaban J connectivity index is 2.26. The van der Waals surface area contributed by atoms with Gasteiger partial charge in [0.15, 0.2) is 9.84 Å². The van der Waals surface area contributed by atoms with E-state index in [1.807, 2.05) is 0 Å². The van der Waals surface area contributed by atoms with Gasteiger partial charge in [-0.15, -0.1) is 0 Å². The monoisotopic (exact) mass is 353 g/mol. The maximum atomic E-state index is 13.7. The van der Waals surface area contributed by atoms with Gasteiger partial charge in [0.2, 0.25) is 10.0 Å². The highest BCUT2D eigenvalue weighted by Crippen LogP contribution is 2.26. The van der Waals surface area contributed by atoms with Crippen LogP contribution in [0.1, 0.15) is 12.8 Å². The van der Waals surface area contributed by atoms with Crippen LogP contribution in [0.3, 0.4) is 0 Å². The van der Waals surface area contributed by atoms with Gasteiger partial charge >= 0.3 is 0 Å². The molecule has 0 spiro atoms. The molecule has 0 saturated carbocycles. The van der Waals surface area contributed by atoms with E-state index >= 15 is 0 Å². The molecule has 0 aromatic heterocycles. The molecule has 0 radical (unpaired) electrons. The molecule has 1 aromatic rings. The molecule has 1 aliphatic rings. The molecule has 21 heavy (non-hydrogen) atoms. The summed E-state index contributed by atoms with van der Waals surface area (Å²) in [5, 5.41) is 0.181. The summed E-state index contributed by atoms with van der Waals surface area (Å²) in [6.07, 6.45) is 2.90. The summed E-state index contributed by atoms with van der Waals surface area (Å²) in [6, 6.07) is 2.76. The SMILES string of the molecule is CS(=O)(=O)c1ccc(F)c(S(=O)(=O)NCC2CCCS2)c1. The van der Waals surface area contributed by atoms with Gasteiger partial charge in [0.1, 0.15) is 10.7 Å². The summed E-state index contributed by atoms with van der Waals surface area (Å²) in [5.41, 5.74) is 0. The van der Waals surface area contributed by atoms with Crippen molar-refractivity contribution in [2.75, 3.05) is 18.6 Å². The van der Waals surface area contributed by atoms with Gasteiger partial charge in [0.05, 0.1) is 4.90 Å². The molecule has 0 bridgehead atoms. The molecule has 2 rings (SSSR count). The summed E-state index contributed by atoms with van der Waals surface area (Å²) in [7, 11) is -7.66. The van der Waals surface area contributed by atoms with Crippen molar-refractivity contribution in [3.05, 3.63) is 24.0 Å². The fourth-order valence-corrected chi connectivity index (χ4v) is 5.22. The van der Waals surface area contributed by atoms with Gasteiger partial charge in [0.25, 0.3) is 0 Å². The van der Waals surface area contributed by atoms with Crippen molar-refractivity contribution in [2.45, 2.75) is 27.9 Å². The average Bonchev–Trinajstić information content (AvgIpc) is 2.88. The van der Waals surface area contributed by atoms with Crippen molar-refractivity contribution in [1.82, 2.24) is 4.72 Å². The van der Waals surface area contributed by atoms with Gasteiger partial charge in [-0.25, -0.2) is 25.9 Å². The number of hydrogen-bond acceptors (Lipinski definition) is 5. The second-order valence-electron chi connectivity index (χ2n) is 4.85. The van der Waals surface area contributed by atoms with Crippen LogP contribution in [0.25, 0.3) is 0 Å². The highest BCUT2D eigenvalue weighted by molar-refractivity contribution is 8.00. The van der Waals surface area contributed by atoms with Crippen LogP contribution >= 0.6 is 11.8 Å². The Morgan fingerprint density at radius 3 is 2.62 bits per heavy atom. The van der Waals surface area contributed by atoms with Crippen LogP contribution in [0.2, 0.25) is 0 Å². The first kappa shape index (κ1) is 16.7. The lowest BCUT2D eigenvalue weighted by Gasteiger charge is -2.12. The summed E-state index contributed by atoms with van der Waals surface area (Å²) < 4.78 is 63.3. The van der Waals surface area contributed by atoms with Crippen LogP contribution in [0.4, 0.5) is 4.39 Å². The summed E-state index contributed by atoms with van der Waals surface area (Å²) in [5.74, 6) is 0.0265. The quantitative estimate of drug-likeness (QED) is 0.810. The Bertz CT molecular complexity index is 725. The largest absolute Gasteiger partial charge is 0.243 e. The number of sulfone groups is 1. The van der Waals surface area contributed by atoms with E-state index in [0.29, 0.717) is 0 Å². The Kier molecular flexibility index (Phi) is 4.96. The summed E-state index contributed by atoms with van der Waals surface area (Å²) in [6.45, 7) is 0.218. The first-order valence-electron chi connectivity index (χ1n) is 6.31. The first-order valence-corrected chi connectivity index (χ1v) is 10.7. The number of nitrogens with one attached hydrogen (secondary N) is 1. The molecule has 1 fully saturated rings. The summed E-state index contributed by atoms with van der Waals surface area (Å²) in [4.78, 5) is -0.854. The normalized spacial score (nSPS) is 19.8. The van der Waals surface area contributed by atoms with Gasteiger partial charge in [-0.05, 0) is 36.8 Å². The molecule has 5 nitrogen and oxygen atoms in total. The molecule has 1 aliphatic heterocycles. The number of thioether (sulfide) groups is 1. The lowest BCUT2D eigenvalue weighted by molar-refractivity contribution is 0.553. The summed E-state index contributed by atoms with van der Waals surface area (Å²) >= 11 is 1.67. The van der Waals surface area contributed by atoms with Crippen LogP contribution < -0.4 is 4.72 Å². The molecule has 1 N–H and O–H groups in total. The van der Waals surface area contributed by atoms with Crippen molar-refractivity contribution >= 4 is 31.6 Å². The van der Waals surface area contributed by atoms with Crippen molar-refractivity contribution in [3.63, 3.8) is 0 Å². The van der Waals surface area contributed by atoms with E-state index in [1.165, 1.54) is 0 Å². The molecule has 0 aliphatic carbocycles. The Morgan fingerprint density at radius 1 is 1.33 bits per heavy atom. The number of rotatable bonds is 5. The standard InChI is InChI=1S/C12H16FNO4S3/c1-20(15,16)10-4-5-11(13)12(7-10)21(17,18)14-8-9-3-2-6-19-9/h4-5,7,9,14H,2-3,6,8H2,1H3. The Hall–Kier alpha value is -0.640. The van der Waals surface area contributed by atoms with Crippen LogP contribution in [-0.2, 0) is 19.9 Å². The Labute approximate surface area is 128 Å². The zero-order valence-corrected chi connectivity index (χ0v) is 13.8. The van der Waals surface area contributed by atoms with E-state index in [4.69, 9.17) is 0 Å². The average molecular weight is 353 g/mol. The second-order valence-corrected chi connectivity index (χ2v) is 10.0. The van der Waals surface area contributed by atoms with Crippen molar-refractivity contribution in [3.8, 4) is 0 Å². The fourth-order valence-electron chi connectivity index (χ4n) is 2.01. The highest BCUT2D eigenvalue weighted by atomic mass is 32.2. The number of benzene rings is 1. The van der Waals surface area contributed by atoms with Gasteiger partial charge in [0, 0.05) is 18.1 Å². The van der Waals surface area contributed by atoms with Crippen LogP contribution in [0, 0.1) is 5.82 Å². The molecule has 9 heteroatoms. The molecule has 118 valence electrons. The molecule has 1 atom stereocenters. The number of halogens is 1. The van der Waals surface area contributed by atoms with Gasteiger partial charge < -0.3 is 0 Å². The minimum atomic E-state index is -4.06. The molecular weight excluding hydrogens is 337 g/mol. The maximum absolute atomic E-state index is 13.7. The van der Waals surface area contributed by atoms with E-state index in [9.17, 15) is 21.2 Å². The second kappa shape index (κ2) is 6.23. The van der Waals surface area contributed by atoms with Gasteiger partial charge in [-0.1, -0.05) is 0 Å². The van der Waals surface area contributed by atoms with E-state index in [2.05, 4.69) is 4.72 Å². The van der Waals surface area contributed by atoms with Gasteiger partial charge in [-0.2, -0.15) is 11.8 Å². The molecule has 1 saturated heterocycles. The minimum Gasteiger partial charge on any atom is -0.224 e. The smallest absolute Gasteiger partial charge is 0.224 e. The Morgan fingerprint density at radius 2 is 2.05 bits per heavy atom. The molecule has 1 heterocycles. The zero-order valence-electron chi connectivity index (χ0n) is 11.4. The predicted molar refractivity (Wildman–Crippen MR) is 80.2 cm³/mol. The van der Waals surface area contributed by atoms with Crippen molar-refractivity contribution < 1.29 is 21.2 Å². The number of hydrogen-bond donors (Lipinski definition) is 1. The lowest BCUT2D eigenvalue weighted by Crippen LogP contribution is -2.30. The van der Waals surface area contributed by atoms with E-state index in [1.54, 1.807) is 11.8 Å². The zero-order chi connectivity index (χ0) is 15.7. The van der Waals surface area contributed by atoms with E-state index < -0.39 is 30.6 Å². The van der Waals surface area contributed by atoms with E-state index in [0.717, 1.165) is 43.0 Å². The van der Waals surface area contributed by atoms with E-state index in [-0.39, 0.29) is 16.7 Å². The third kappa shape index (κ3) is 4.18. The van der Waals surface area contributed by atoms with Crippen LogP contribution in [0.15, 0.2) is 28.0 Å². The fraction of sp³-hybridized carbons (Fsp3) is 0.500. The maximum Gasteiger partial charge on any atom is 0.243 e.